The molecule has 1 aliphatic heterocycles. The van der Waals surface area contributed by atoms with Gasteiger partial charge in [0, 0.05) is 5.92 Å². The third-order valence-electron chi connectivity index (χ3n) is 2.91. The van der Waals surface area contributed by atoms with Crippen LogP contribution in [0.4, 0.5) is 0 Å². The third-order valence-corrected chi connectivity index (χ3v) is 2.91. The molecule has 2 nitrogen and oxygen atoms in total. The van der Waals surface area contributed by atoms with Crippen molar-refractivity contribution in [1.82, 2.24) is 0 Å². The lowest BCUT2D eigenvalue weighted by atomic mass is 9.88. The van der Waals surface area contributed by atoms with Crippen molar-refractivity contribution in [3.05, 3.63) is 34.9 Å². The van der Waals surface area contributed by atoms with E-state index in [0.29, 0.717) is 5.92 Å². The number of carbonyl (C=O) groups excluding carboxylic acids is 1. The van der Waals surface area contributed by atoms with Crippen molar-refractivity contribution in [2.45, 2.75) is 32.8 Å². The summed E-state index contributed by atoms with van der Waals surface area (Å²) < 4.78 is 5.23. The Morgan fingerprint density at radius 2 is 2.00 bits per heavy atom. The molecule has 0 unspecified atom stereocenters. The number of fused-ring (bicyclic) bond motifs is 1. The minimum atomic E-state index is -0.189. The molecule has 0 saturated carbocycles. The van der Waals surface area contributed by atoms with Crippen LogP contribution in [-0.4, -0.2) is 12.1 Å². The predicted molar refractivity (Wildman–Crippen MR) is 54.5 cm³/mol. The summed E-state index contributed by atoms with van der Waals surface area (Å²) in [4.78, 5) is 11.5. The van der Waals surface area contributed by atoms with Gasteiger partial charge in [-0.1, -0.05) is 24.6 Å². The SMILES string of the molecule is Cc1ccc2c(c1)[C@H](C)[C@H](C)OC2=O. The largest absolute Gasteiger partial charge is 0.458 e. The van der Waals surface area contributed by atoms with E-state index in [1.165, 1.54) is 5.56 Å². The molecule has 0 aromatic heterocycles. The lowest BCUT2D eigenvalue weighted by Crippen LogP contribution is -2.28. The first-order valence-corrected chi connectivity index (χ1v) is 4.91. The summed E-state index contributed by atoms with van der Waals surface area (Å²) in [6.07, 6.45) is -0.0169. The molecule has 1 aliphatic rings. The van der Waals surface area contributed by atoms with E-state index in [1.807, 2.05) is 26.0 Å². The van der Waals surface area contributed by atoms with Crippen molar-refractivity contribution in [3.63, 3.8) is 0 Å². The molecule has 0 spiro atoms. The molecular formula is C12H14O2. The van der Waals surface area contributed by atoms with Gasteiger partial charge in [-0.2, -0.15) is 0 Å². The summed E-state index contributed by atoms with van der Waals surface area (Å²) >= 11 is 0. The van der Waals surface area contributed by atoms with Crippen LogP contribution in [0.5, 0.6) is 0 Å². The van der Waals surface area contributed by atoms with E-state index in [1.54, 1.807) is 0 Å². The second-order valence-corrected chi connectivity index (χ2v) is 3.99. The van der Waals surface area contributed by atoms with Gasteiger partial charge in [0.05, 0.1) is 5.56 Å². The second-order valence-electron chi connectivity index (χ2n) is 3.99. The molecule has 0 radical (unpaired) electrons. The summed E-state index contributed by atoms with van der Waals surface area (Å²) in [7, 11) is 0. The van der Waals surface area contributed by atoms with Gasteiger partial charge in [0.1, 0.15) is 6.10 Å². The number of hydrogen-bond donors (Lipinski definition) is 0. The van der Waals surface area contributed by atoms with Gasteiger partial charge in [-0.05, 0) is 25.5 Å². The van der Waals surface area contributed by atoms with E-state index in [-0.39, 0.29) is 12.1 Å². The first-order valence-electron chi connectivity index (χ1n) is 4.91. The maximum absolute atomic E-state index is 11.5. The van der Waals surface area contributed by atoms with Gasteiger partial charge in [0.2, 0.25) is 0 Å². The molecule has 1 aromatic carbocycles. The van der Waals surface area contributed by atoms with Gasteiger partial charge in [0.15, 0.2) is 0 Å². The highest BCUT2D eigenvalue weighted by atomic mass is 16.5. The van der Waals surface area contributed by atoms with Gasteiger partial charge in [-0.25, -0.2) is 4.79 Å². The average molecular weight is 190 g/mol. The van der Waals surface area contributed by atoms with Crippen molar-refractivity contribution < 1.29 is 9.53 Å². The highest BCUT2D eigenvalue weighted by molar-refractivity contribution is 5.92. The van der Waals surface area contributed by atoms with Gasteiger partial charge >= 0.3 is 5.97 Å². The Hall–Kier alpha value is -1.31. The molecule has 0 bridgehead atoms. The number of ether oxygens (including phenoxy) is 1. The standard InChI is InChI=1S/C12H14O2/c1-7-4-5-10-11(6-7)8(2)9(3)14-12(10)13/h4-6,8-9H,1-3H3/t8-,9+/m1/s1. The van der Waals surface area contributed by atoms with E-state index >= 15 is 0 Å². The second kappa shape index (κ2) is 3.12. The van der Waals surface area contributed by atoms with Crippen LogP contribution in [0, 0.1) is 6.92 Å². The van der Waals surface area contributed by atoms with Crippen LogP contribution in [-0.2, 0) is 4.74 Å². The number of carbonyl (C=O) groups is 1. The molecule has 2 heteroatoms. The van der Waals surface area contributed by atoms with Gasteiger partial charge in [-0.15, -0.1) is 0 Å². The van der Waals surface area contributed by atoms with E-state index in [4.69, 9.17) is 4.74 Å². The smallest absolute Gasteiger partial charge is 0.338 e. The molecule has 74 valence electrons. The van der Waals surface area contributed by atoms with E-state index in [9.17, 15) is 4.79 Å². The zero-order valence-corrected chi connectivity index (χ0v) is 8.70. The van der Waals surface area contributed by atoms with E-state index in [2.05, 4.69) is 13.0 Å². The molecule has 1 aromatic rings. The number of cyclic esters (lactones) is 1. The normalized spacial score (nSPS) is 25.5. The average Bonchev–Trinajstić information content (AvgIpc) is 2.14. The van der Waals surface area contributed by atoms with E-state index < -0.39 is 0 Å². The topological polar surface area (TPSA) is 26.3 Å². The first kappa shape index (κ1) is 9.25. The number of esters is 1. The van der Waals surface area contributed by atoms with Crippen LogP contribution < -0.4 is 0 Å². The van der Waals surface area contributed by atoms with Crippen LogP contribution >= 0.6 is 0 Å². The monoisotopic (exact) mass is 190 g/mol. The minimum absolute atomic E-state index is 0.0169. The summed E-state index contributed by atoms with van der Waals surface area (Å²) in [5.41, 5.74) is 3.03. The first-order chi connectivity index (χ1) is 6.59. The van der Waals surface area contributed by atoms with Gasteiger partial charge in [-0.3, -0.25) is 0 Å². The summed E-state index contributed by atoms with van der Waals surface area (Å²) in [6, 6.07) is 5.88. The molecule has 1 heterocycles. The summed E-state index contributed by atoms with van der Waals surface area (Å²) in [5, 5.41) is 0. The summed E-state index contributed by atoms with van der Waals surface area (Å²) in [6.45, 7) is 6.07. The fraction of sp³-hybridized carbons (Fsp3) is 0.417. The van der Waals surface area contributed by atoms with Gasteiger partial charge in [0.25, 0.3) is 0 Å². The minimum Gasteiger partial charge on any atom is -0.458 e. The Bertz CT molecular complexity index is 382. The molecule has 14 heavy (non-hydrogen) atoms. The lowest BCUT2D eigenvalue weighted by molar-refractivity contribution is 0.0241. The zero-order chi connectivity index (χ0) is 10.3. The molecule has 0 saturated heterocycles. The highest BCUT2D eigenvalue weighted by Gasteiger charge is 2.29. The number of rotatable bonds is 0. The molecule has 0 N–H and O–H groups in total. The molecule has 0 fully saturated rings. The highest BCUT2D eigenvalue weighted by Crippen LogP contribution is 2.31. The Morgan fingerprint density at radius 1 is 1.29 bits per heavy atom. The van der Waals surface area contributed by atoms with E-state index in [0.717, 1.165) is 11.1 Å². The van der Waals surface area contributed by atoms with Crippen molar-refractivity contribution in [3.8, 4) is 0 Å². The van der Waals surface area contributed by atoms with Gasteiger partial charge < -0.3 is 4.74 Å². The molecule has 2 atom stereocenters. The van der Waals surface area contributed by atoms with Crippen LogP contribution in [0.1, 0.15) is 41.3 Å². The van der Waals surface area contributed by atoms with Crippen molar-refractivity contribution in [2.75, 3.05) is 0 Å². The molecule has 0 amide bonds. The summed E-state index contributed by atoms with van der Waals surface area (Å²) in [5.74, 6) is 0.105. The molecule has 0 aliphatic carbocycles. The van der Waals surface area contributed by atoms with Crippen molar-refractivity contribution in [2.24, 2.45) is 0 Å². The number of benzene rings is 1. The Balaban J connectivity index is 2.56. The third kappa shape index (κ3) is 1.31. The quantitative estimate of drug-likeness (QED) is 0.588. The number of hydrogen-bond acceptors (Lipinski definition) is 2. The zero-order valence-electron chi connectivity index (χ0n) is 8.70. The van der Waals surface area contributed by atoms with Crippen molar-refractivity contribution >= 4 is 5.97 Å². The predicted octanol–water partition coefficient (Wildman–Crippen LogP) is 2.66. The Labute approximate surface area is 83.9 Å². The van der Waals surface area contributed by atoms with Crippen LogP contribution in [0.25, 0.3) is 0 Å². The molecular weight excluding hydrogens is 176 g/mol. The number of aryl methyl sites for hydroxylation is 1. The Kier molecular flexibility index (Phi) is 2.06. The lowest BCUT2D eigenvalue weighted by Gasteiger charge is -2.28. The Morgan fingerprint density at radius 3 is 2.71 bits per heavy atom. The molecule has 2 rings (SSSR count). The van der Waals surface area contributed by atoms with Crippen LogP contribution in [0.2, 0.25) is 0 Å². The fourth-order valence-corrected chi connectivity index (χ4v) is 1.83. The van der Waals surface area contributed by atoms with Crippen molar-refractivity contribution in [1.29, 1.82) is 0 Å². The maximum atomic E-state index is 11.5. The van der Waals surface area contributed by atoms with Crippen LogP contribution in [0.15, 0.2) is 18.2 Å². The van der Waals surface area contributed by atoms with Crippen LogP contribution in [0.3, 0.4) is 0 Å². The fourth-order valence-electron chi connectivity index (χ4n) is 1.83. The maximum Gasteiger partial charge on any atom is 0.338 e.